The monoisotopic (exact) mass is 291 g/mol. The summed E-state index contributed by atoms with van der Waals surface area (Å²) in [7, 11) is 0. The van der Waals surface area contributed by atoms with Gasteiger partial charge in [-0.3, -0.25) is 9.59 Å². The highest BCUT2D eigenvalue weighted by atomic mass is 16.2. The van der Waals surface area contributed by atoms with Crippen LogP contribution in [0.2, 0.25) is 0 Å². The van der Waals surface area contributed by atoms with E-state index in [1.54, 1.807) is 6.07 Å². The molecular weight excluding hydrogens is 266 g/mol. The molecule has 0 aliphatic heterocycles. The molecule has 0 radical (unpaired) electrons. The SMILES string of the molecule is CCNc1ccccc1C(=O)NCCC(=O)NCC(C)C. The predicted octanol–water partition coefficient (Wildman–Crippen LogP) is 2.01. The standard InChI is InChI=1S/C16H25N3O2/c1-4-17-14-8-6-5-7-13(14)16(21)18-10-9-15(20)19-11-12(2)3/h5-8,12,17H,4,9-11H2,1-3H3,(H,18,21)(H,19,20). The average Bonchev–Trinajstić information content (AvgIpc) is 2.46. The molecule has 0 aliphatic carbocycles. The maximum atomic E-state index is 12.1. The van der Waals surface area contributed by atoms with Crippen molar-refractivity contribution in [3.8, 4) is 0 Å². The van der Waals surface area contributed by atoms with Crippen LogP contribution in [-0.4, -0.2) is 31.4 Å². The van der Waals surface area contributed by atoms with E-state index in [1.807, 2.05) is 39.0 Å². The van der Waals surface area contributed by atoms with Crippen molar-refractivity contribution in [2.45, 2.75) is 27.2 Å². The molecule has 0 aromatic heterocycles. The normalized spacial score (nSPS) is 10.3. The van der Waals surface area contributed by atoms with Gasteiger partial charge in [0.2, 0.25) is 5.91 Å². The Morgan fingerprint density at radius 2 is 1.86 bits per heavy atom. The number of nitrogens with one attached hydrogen (secondary N) is 3. The fraction of sp³-hybridized carbons (Fsp3) is 0.500. The lowest BCUT2D eigenvalue weighted by Gasteiger charge is -2.11. The van der Waals surface area contributed by atoms with E-state index in [9.17, 15) is 9.59 Å². The van der Waals surface area contributed by atoms with Crippen LogP contribution in [0.1, 0.15) is 37.6 Å². The van der Waals surface area contributed by atoms with Gasteiger partial charge in [-0.1, -0.05) is 26.0 Å². The van der Waals surface area contributed by atoms with E-state index in [0.717, 1.165) is 12.2 Å². The third-order valence-electron chi connectivity index (χ3n) is 2.88. The molecule has 5 nitrogen and oxygen atoms in total. The Kier molecular flexibility index (Phi) is 7.29. The van der Waals surface area contributed by atoms with Gasteiger partial charge in [0, 0.05) is 31.7 Å². The Balaban J connectivity index is 2.42. The van der Waals surface area contributed by atoms with Gasteiger partial charge in [0.1, 0.15) is 0 Å². The molecule has 5 heteroatoms. The van der Waals surface area contributed by atoms with Crippen molar-refractivity contribution in [2.75, 3.05) is 25.0 Å². The minimum atomic E-state index is -0.164. The minimum Gasteiger partial charge on any atom is -0.385 e. The molecule has 0 aliphatic rings. The second kappa shape index (κ2) is 9.00. The zero-order valence-electron chi connectivity index (χ0n) is 13.0. The molecule has 116 valence electrons. The summed E-state index contributed by atoms with van der Waals surface area (Å²) in [5.74, 6) is 0.225. The van der Waals surface area contributed by atoms with Gasteiger partial charge < -0.3 is 16.0 Å². The summed E-state index contributed by atoms with van der Waals surface area (Å²) < 4.78 is 0. The lowest BCUT2D eigenvalue weighted by Crippen LogP contribution is -2.32. The second-order valence-corrected chi connectivity index (χ2v) is 5.28. The summed E-state index contributed by atoms with van der Waals surface area (Å²) >= 11 is 0. The number of anilines is 1. The van der Waals surface area contributed by atoms with Crippen LogP contribution in [0, 0.1) is 5.92 Å². The zero-order valence-corrected chi connectivity index (χ0v) is 13.0. The molecule has 0 bridgehead atoms. The van der Waals surface area contributed by atoms with Gasteiger partial charge in [-0.2, -0.15) is 0 Å². The van der Waals surface area contributed by atoms with Crippen molar-refractivity contribution >= 4 is 17.5 Å². The molecule has 0 spiro atoms. The van der Waals surface area contributed by atoms with E-state index in [-0.39, 0.29) is 11.8 Å². The number of para-hydroxylation sites is 1. The smallest absolute Gasteiger partial charge is 0.253 e. The van der Waals surface area contributed by atoms with Gasteiger partial charge in [-0.25, -0.2) is 0 Å². The Bertz CT molecular complexity index is 472. The minimum absolute atomic E-state index is 0.0380. The molecule has 2 amide bonds. The van der Waals surface area contributed by atoms with Crippen LogP contribution in [0.4, 0.5) is 5.69 Å². The van der Waals surface area contributed by atoms with Crippen molar-refractivity contribution in [1.82, 2.24) is 10.6 Å². The van der Waals surface area contributed by atoms with Gasteiger partial charge in [0.05, 0.1) is 5.56 Å². The van der Waals surface area contributed by atoms with Crippen molar-refractivity contribution in [3.63, 3.8) is 0 Å². The van der Waals surface area contributed by atoms with Crippen LogP contribution in [0.15, 0.2) is 24.3 Å². The number of carbonyl (C=O) groups is 2. The van der Waals surface area contributed by atoms with Crippen molar-refractivity contribution in [1.29, 1.82) is 0 Å². The van der Waals surface area contributed by atoms with Crippen LogP contribution in [0.3, 0.4) is 0 Å². The van der Waals surface area contributed by atoms with Crippen LogP contribution in [0.25, 0.3) is 0 Å². The summed E-state index contributed by atoms with van der Waals surface area (Å²) in [6.45, 7) is 7.81. The molecule has 0 unspecified atom stereocenters. The molecule has 0 saturated carbocycles. The van der Waals surface area contributed by atoms with Gasteiger partial charge >= 0.3 is 0 Å². The maximum absolute atomic E-state index is 12.1. The Morgan fingerprint density at radius 1 is 1.14 bits per heavy atom. The van der Waals surface area contributed by atoms with Crippen LogP contribution >= 0.6 is 0 Å². The van der Waals surface area contributed by atoms with E-state index in [2.05, 4.69) is 16.0 Å². The first-order valence-corrected chi connectivity index (χ1v) is 7.42. The lowest BCUT2D eigenvalue weighted by molar-refractivity contribution is -0.121. The van der Waals surface area contributed by atoms with Gasteiger partial charge in [-0.05, 0) is 25.0 Å². The first-order chi connectivity index (χ1) is 10.0. The topological polar surface area (TPSA) is 70.2 Å². The Morgan fingerprint density at radius 3 is 2.52 bits per heavy atom. The third kappa shape index (κ3) is 6.29. The van der Waals surface area contributed by atoms with E-state index in [4.69, 9.17) is 0 Å². The molecule has 0 fully saturated rings. The highest BCUT2D eigenvalue weighted by Crippen LogP contribution is 2.14. The Labute approximate surface area is 126 Å². The van der Waals surface area contributed by atoms with E-state index >= 15 is 0 Å². The molecule has 1 aromatic carbocycles. The molecule has 21 heavy (non-hydrogen) atoms. The Hall–Kier alpha value is -2.04. The van der Waals surface area contributed by atoms with Crippen LogP contribution in [-0.2, 0) is 4.79 Å². The average molecular weight is 291 g/mol. The zero-order chi connectivity index (χ0) is 15.7. The molecule has 1 rings (SSSR count). The maximum Gasteiger partial charge on any atom is 0.253 e. The summed E-state index contributed by atoms with van der Waals surface area (Å²) in [4.78, 5) is 23.7. The first-order valence-electron chi connectivity index (χ1n) is 7.42. The van der Waals surface area contributed by atoms with Crippen LogP contribution in [0.5, 0.6) is 0 Å². The van der Waals surface area contributed by atoms with Crippen molar-refractivity contribution < 1.29 is 9.59 Å². The largest absolute Gasteiger partial charge is 0.385 e. The number of hydrogen-bond donors (Lipinski definition) is 3. The van der Waals surface area contributed by atoms with E-state index in [0.29, 0.717) is 31.0 Å². The van der Waals surface area contributed by atoms with Crippen LogP contribution < -0.4 is 16.0 Å². The summed E-state index contributed by atoms with van der Waals surface area (Å²) in [6, 6.07) is 7.35. The van der Waals surface area contributed by atoms with Crippen molar-refractivity contribution in [3.05, 3.63) is 29.8 Å². The van der Waals surface area contributed by atoms with E-state index < -0.39 is 0 Å². The van der Waals surface area contributed by atoms with Crippen molar-refractivity contribution in [2.24, 2.45) is 5.92 Å². The number of rotatable bonds is 8. The summed E-state index contributed by atoms with van der Waals surface area (Å²) in [6.07, 6.45) is 0.293. The van der Waals surface area contributed by atoms with Gasteiger partial charge in [0.15, 0.2) is 0 Å². The number of benzene rings is 1. The lowest BCUT2D eigenvalue weighted by atomic mass is 10.1. The fourth-order valence-electron chi connectivity index (χ4n) is 1.82. The fourth-order valence-corrected chi connectivity index (χ4v) is 1.82. The molecule has 0 saturated heterocycles. The first kappa shape index (κ1) is 17.0. The highest BCUT2D eigenvalue weighted by molar-refractivity contribution is 5.99. The highest BCUT2D eigenvalue weighted by Gasteiger charge is 2.10. The molecule has 3 N–H and O–H groups in total. The summed E-state index contributed by atoms with van der Waals surface area (Å²) in [5.41, 5.74) is 1.41. The quantitative estimate of drug-likeness (QED) is 0.686. The molecule has 0 atom stereocenters. The summed E-state index contributed by atoms with van der Waals surface area (Å²) in [5, 5.41) is 8.75. The third-order valence-corrected chi connectivity index (χ3v) is 2.88. The molecular formula is C16H25N3O2. The number of amides is 2. The van der Waals surface area contributed by atoms with Gasteiger partial charge in [-0.15, -0.1) is 0 Å². The molecule has 1 aromatic rings. The predicted molar refractivity (Wildman–Crippen MR) is 85.4 cm³/mol. The van der Waals surface area contributed by atoms with E-state index in [1.165, 1.54) is 0 Å². The van der Waals surface area contributed by atoms with Gasteiger partial charge in [0.25, 0.3) is 5.91 Å². The second-order valence-electron chi connectivity index (χ2n) is 5.28. The molecule has 0 heterocycles. The number of carbonyl (C=O) groups excluding carboxylic acids is 2. The number of hydrogen-bond acceptors (Lipinski definition) is 3.